The standard InChI is InChI=1S/C11H16N2O2.ClH/c1-3-12(4-2)9-10-5-7-11(8-6-10)13(14)15;/h5-8H,3-4,9H2,1-2H3;1H. The molecule has 0 aromatic heterocycles. The highest BCUT2D eigenvalue weighted by molar-refractivity contribution is 5.85. The predicted octanol–water partition coefficient (Wildman–Crippen LogP) is 2.86. The smallest absolute Gasteiger partial charge is 0.269 e. The number of nitrogens with zero attached hydrogens (tertiary/aromatic N) is 2. The van der Waals surface area contributed by atoms with Crippen molar-refractivity contribution >= 4 is 18.1 Å². The molecule has 0 radical (unpaired) electrons. The third-order valence-electron chi connectivity index (χ3n) is 2.45. The largest absolute Gasteiger partial charge is 0.300 e. The highest BCUT2D eigenvalue weighted by Crippen LogP contribution is 2.13. The highest BCUT2D eigenvalue weighted by Gasteiger charge is 2.05. The van der Waals surface area contributed by atoms with E-state index < -0.39 is 0 Å². The van der Waals surface area contributed by atoms with Crippen molar-refractivity contribution in [2.45, 2.75) is 20.4 Å². The van der Waals surface area contributed by atoms with E-state index in [1.807, 2.05) is 12.1 Å². The van der Waals surface area contributed by atoms with E-state index in [1.54, 1.807) is 12.1 Å². The molecule has 0 heterocycles. The lowest BCUT2D eigenvalue weighted by Gasteiger charge is -2.17. The summed E-state index contributed by atoms with van der Waals surface area (Å²) >= 11 is 0. The first kappa shape index (κ1) is 14.9. The van der Waals surface area contributed by atoms with Crippen LogP contribution in [0.15, 0.2) is 24.3 Å². The van der Waals surface area contributed by atoms with Gasteiger partial charge in [0.15, 0.2) is 0 Å². The van der Waals surface area contributed by atoms with Crippen molar-refractivity contribution in [2.75, 3.05) is 13.1 Å². The molecule has 0 bridgehead atoms. The average molecular weight is 245 g/mol. The van der Waals surface area contributed by atoms with Crippen molar-refractivity contribution in [2.24, 2.45) is 0 Å². The molecule has 0 fully saturated rings. The lowest BCUT2D eigenvalue weighted by Crippen LogP contribution is -2.21. The fraction of sp³-hybridized carbons (Fsp3) is 0.455. The fourth-order valence-electron chi connectivity index (χ4n) is 1.43. The molecule has 0 saturated heterocycles. The van der Waals surface area contributed by atoms with E-state index in [2.05, 4.69) is 18.7 Å². The van der Waals surface area contributed by atoms with Gasteiger partial charge in [-0.2, -0.15) is 0 Å². The number of rotatable bonds is 5. The minimum Gasteiger partial charge on any atom is -0.300 e. The molecular weight excluding hydrogens is 228 g/mol. The quantitative estimate of drug-likeness (QED) is 0.591. The molecule has 0 aliphatic heterocycles. The summed E-state index contributed by atoms with van der Waals surface area (Å²) < 4.78 is 0. The second kappa shape index (κ2) is 7.19. The second-order valence-corrected chi connectivity index (χ2v) is 3.38. The van der Waals surface area contributed by atoms with Gasteiger partial charge in [0.25, 0.3) is 5.69 Å². The zero-order chi connectivity index (χ0) is 11.3. The summed E-state index contributed by atoms with van der Waals surface area (Å²) in [6.07, 6.45) is 0. The fourth-order valence-corrected chi connectivity index (χ4v) is 1.43. The maximum atomic E-state index is 10.4. The average Bonchev–Trinajstić information content (AvgIpc) is 2.26. The molecule has 0 aliphatic rings. The van der Waals surface area contributed by atoms with E-state index >= 15 is 0 Å². The Morgan fingerprint density at radius 3 is 2.06 bits per heavy atom. The molecule has 1 rings (SSSR count). The van der Waals surface area contributed by atoms with Crippen molar-refractivity contribution < 1.29 is 4.92 Å². The van der Waals surface area contributed by atoms with E-state index in [4.69, 9.17) is 0 Å². The van der Waals surface area contributed by atoms with Crippen LogP contribution in [0.25, 0.3) is 0 Å². The van der Waals surface area contributed by atoms with Gasteiger partial charge in [-0.15, -0.1) is 12.4 Å². The van der Waals surface area contributed by atoms with Crippen molar-refractivity contribution in [1.82, 2.24) is 4.90 Å². The van der Waals surface area contributed by atoms with E-state index in [1.165, 1.54) is 0 Å². The van der Waals surface area contributed by atoms with E-state index in [0.717, 1.165) is 25.2 Å². The number of benzene rings is 1. The first-order valence-electron chi connectivity index (χ1n) is 5.13. The Morgan fingerprint density at radius 1 is 1.19 bits per heavy atom. The van der Waals surface area contributed by atoms with Crippen LogP contribution in [0.5, 0.6) is 0 Å². The summed E-state index contributed by atoms with van der Waals surface area (Å²) in [5, 5.41) is 10.4. The first-order valence-corrected chi connectivity index (χ1v) is 5.13. The lowest BCUT2D eigenvalue weighted by atomic mass is 10.2. The molecular formula is C11H17ClN2O2. The van der Waals surface area contributed by atoms with Crippen LogP contribution in [0.3, 0.4) is 0 Å². The topological polar surface area (TPSA) is 46.4 Å². The summed E-state index contributed by atoms with van der Waals surface area (Å²) in [5.74, 6) is 0. The lowest BCUT2D eigenvalue weighted by molar-refractivity contribution is -0.384. The minimum absolute atomic E-state index is 0. The number of hydrogen-bond acceptors (Lipinski definition) is 3. The van der Waals surface area contributed by atoms with Gasteiger partial charge in [-0.05, 0) is 18.7 Å². The Morgan fingerprint density at radius 2 is 1.69 bits per heavy atom. The Balaban J connectivity index is 0.00000225. The van der Waals surface area contributed by atoms with Gasteiger partial charge in [-0.1, -0.05) is 26.0 Å². The van der Waals surface area contributed by atoms with Crippen molar-refractivity contribution in [3.05, 3.63) is 39.9 Å². The minimum atomic E-state index is -0.374. The summed E-state index contributed by atoms with van der Waals surface area (Å²) in [6, 6.07) is 6.74. The van der Waals surface area contributed by atoms with Crippen LogP contribution in [-0.4, -0.2) is 22.9 Å². The van der Waals surface area contributed by atoms with Gasteiger partial charge >= 0.3 is 0 Å². The van der Waals surface area contributed by atoms with Crippen LogP contribution in [0.4, 0.5) is 5.69 Å². The molecule has 0 spiro atoms. The molecule has 0 N–H and O–H groups in total. The van der Waals surface area contributed by atoms with Gasteiger partial charge in [0.05, 0.1) is 4.92 Å². The van der Waals surface area contributed by atoms with Gasteiger partial charge < -0.3 is 0 Å². The summed E-state index contributed by atoms with van der Waals surface area (Å²) in [5.41, 5.74) is 1.27. The Hall–Kier alpha value is -1.13. The zero-order valence-corrected chi connectivity index (χ0v) is 10.4. The molecule has 1 aromatic carbocycles. The Labute approximate surface area is 102 Å². The monoisotopic (exact) mass is 244 g/mol. The number of halogens is 1. The molecule has 16 heavy (non-hydrogen) atoms. The van der Waals surface area contributed by atoms with Gasteiger partial charge in [-0.25, -0.2) is 0 Å². The highest BCUT2D eigenvalue weighted by atomic mass is 35.5. The number of nitro groups is 1. The molecule has 90 valence electrons. The van der Waals surface area contributed by atoms with E-state index in [9.17, 15) is 10.1 Å². The van der Waals surface area contributed by atoms with E-state index in [-0.39, 0.29) is 23.0 Å². The van der Waals surface area contributed by atoms with Crippen LogP contribution in [0.2, 0.25) is 0 Å². The van der Waals surface area contributed by atoms with Gasteiger partial charge in [0.2, 0.25) is 0 Å². The normalized spacial score (nSPS) is 9.94. The van der Waals surface area contributed by atoms with Crippen LogP contribution >= 0.6 is 12.4 Å². The third-order valence-corrected chi connectivity index (χ3v) is 2.45. The number of non-ortho nitro benzene ring substituents is 1. The molecule has 1 aromatic rings. The number of nitro benzene ring substituents is 1. The van der Waals surface area contributed by atoms with Crippen molar-refractivity contribution in [1.29, 1.82) is 0 Å². The summed E-state index contributed by atoms with van der Waals surface area (Å²) in [6.45, 7) is 7.05. The Kier molecular flexibility index (Phi) is 6.69. The van der Waals surface area contributed by atoms with Gasteiger partial charge in [-0.3, -0.25) is 15.0 Å². The SMILES string of the molecule is CCN(CC)Cc1ccc([N+](=O)[O-])cc1.Cl. The molecule has 0 saturated carbocycles. The summed E-state index contributed by atoms with van der Waals surface area (Å²) in [7, 11) is 0. The molecule has 0 unspecified atom stereocenters. The van der Waals surface area contributed by atoms with Crippen LogP contribution < -0.4 is 0 Å². The Bertz CT molecular complexity index is 323. The van der Waals surface area contributed by atoms with Crippen molar-refractivity contribution in [3.63, 3.8) is 0 Å². The van der Waals surface area contributed by atoms with Crippen LogP contribution in [0, 0.1) is 10.1 Å². The zero-order valence-electron chi connectivity index (χ0n) is 9.55. The molecule has 5 heteroatoms. The first-order chi connectivity index (χ1) is 7.17. The van der Waals surface area contributed by atoms with Gasteiger partial charge in [0.1, 0.15) is 0 Å². The molecule has 0 aliphatic carbocycles. The maximum absolute atomic E-state index is 10.4. The number of hydrogen-bond donors (Lipinski definition) is 0. The predicted molar refractivity (Wildman–Crippen MR) is 67.0 cm³/mol. The van der Waals surface area contributed by atoms with Crippen LogP contribution in [-0.2, 0) is 6.54 Å². The summed E-state index contributed by atoms with van der Waals surface area (Å²) in [4.78, 5) is 12.3. The van der Waals surface area contributed by atoms with E-state index in [0.29, 0.717) is 0 Å². The van der Waals surface area contributed by atoms with Gasteiger partial charge in [0, 0.05) is 18.7 Å². The maximum Gasteiger partial charge on any atom is 0.269 e. The second-order valence-electron chi connectivity index (χ2n) is 3.38. The molecule has 0 amide bonds. The molecule has 4 nitrogen and oxygen atoms in total. The van der Waals surface area contributed by atoms with Crippen LogP contribution in [0.1, 0.15) is 19.4 Å². The van der Waals surface area contributed by atoms with Crippen molar-refractivity contribution in [3.8, 4) is 0 Å². The molecule has 0 atom stereocenters. The third kappa shape index (κ3) is 4.16.